The average Bonchev–Trinajstić information content (AvgIpc) is 2.77. The Morgan fingerprint density at radius 1 is 1.61 bits per heavy atom. The SMILES string of the molecule is COCC1CCN(c2c(N)cccc2C(=O)O)C1. The molecule has 1 saturated heterocycles. The Kier molecular flexibility index (Phi) is 3.72. The lowest BCUT2D eigenvalue weighted by Crippen LogP contribution is -2.24. The minimum absolute atomic E-state index is 0.271. The highest BCUT2D eigenvalue weighted by Crippen LogP contribution is 2.32. The zero-order chi connectivity index (χ0) is 13.1. The number of nitrogens with zero attached hydrogens (tertiary/aromatic N) is 1. The van der Waals surface area contributed by atoms with Gasteiger partial charge in [-0.05, 0) is 18.6 Å². The Labute approximate surface area is 106 Å². The van der Waals surface area contributed by atoms with Crippen LogP contribution in [-0.2, 0) is 4.74 Å². The molecule has 5 heteroatoms. The second-order valence-electron chi connectivity index (χ2n) is 4.60. The largest absolute Gasteiger partial charge is 0.478 e. The van der Waals surface area contributed by atoms with Crippen molar-refractivity contribution in [3.8, 4) is 0 Å². The van der Waals surface area contributed by atoms with Crippen LogP contribution in [0, 0.1) is 5.92 Å². The molecule has 0 saturated carbocycles. The summed E-state index contributed by atoms with van der Waals surface area (Å²) in [5, 5.41) is 9.21. The molecule has 1 heterocycles. The molecule has 1 aliphatic heterocycles. The molecule has 0 amide bonds. The van der Waals surface area contributed by atoms with Crippen LogP contribution >= 0.6 is 0 Å². The van der Waals surface area contributed by atoms with E-state index in [-0.39, 0.29) is 5.56 Å². The summed E-state index contributed by atoms with van der Waals surface area (Å²) in [6.45, 7) is 2.32. The lowest BCUT2D eigenvalue weighted by Gasteiger charge is -2.22. The van der Waals surface area contributed by atoms with Crippen LogP contribution in [0.5, 0.6) is 0 Å². The van der Waals surface area contributed by atoms with Crippen molar-refractivity contribution in [2.24, 2.45) is 5.92 Å². The van der Waals surface area contributed by atoms with Crippen LogP contribution in [0.4, 0.5) is 11.4 Å². The number of nitrogen functional groups attached to an aromatic ring is 1. The second-order valence-corrected chi connectivity index (χ2v) is 4.60. The van der Waals surface area contributed by atoms with Gasteiger partial charge >= 0.3 is 5.97 Å². The van der Waals surface area contributed by atoms with Crippen LogP contribution in [0.15, 0.2) is 18.2 Å². The fraction of sp³-hybridized carbons (Fsp3) is 0.462. The zero-order valence-corrected chi connectivity index (χ0v) is 10.4. The first-order chi connectivity index (χ1) is 8.63. The van der Waals surface area contributed by atoms with Gasteiger partial charge in [-0.25, -0.2) is 4.79 Å². The minimum Gasteiger partial charge on any atom is -0.478 e. The maximum atomic E-state index is 11.2. The summed E-state index contributed by atoms with van der Waals surface area (Å²) in [5.74, 6) is -0.497. The van der Waals surface area contributed by atoms with E-state index in [4.69, 9.17) is 10.5 Å². The third kappa shape index (κ3) is 2.41. The summed E-state index contributed by atoms with van der Waals surface area (Å²) in [4.78, 5) is 13.3. The average molecular weight is 250 g/mol. The highest BCUT2D eigenvalue weighted by Gasteiger charge is 2.27. The van der Waals surface area contributed by atoms with Crippen molar-refractivity contribution in [3.63, 3.8) is 0 Å². The normalized spacial score (nSPS) is 19.2. The van der Waals surface area contributed by atoms with E-state index in [0.29, 0.717) is 23.9 Å². The standard InChI is InChI=1S/C13H18N2O3/c1-18-8-9-5-6-15(7-9)12-10(13(16)17)3-2-4-11(12)14/h2-4,9H,5-8,14H2,1H3,(H,16,17). The first kappa shape index (κ1) is 12.7. The number of methoxy groups -OCH3 is 1. The number of carbonyl (C=O) groups is 1. The van der Waals surface area contributed by atoms with E-state index in [1.807, 2.05) is 4.90 Å². The fourth-order valence-electron chi connectivity index (χ4n) is 2.49. The van der Waals surface area contributed by atoms with Crippen molar-refractivity contribution in [2.45, 2.75) is 6.42 Å². The number of carboxylic acid groups (broad SMARTS) is 1. The molecule has 0 aromatic heterocycles. The molecule has 0 radical (unpaired) electrons. The molecule has 1 aromatic carbocycles. The Morgan fingerprint density at radius 3 is 3.06 bits per heavy atom. The van der Waals surface area contributed by atoms with Gasteiger partial charge in [0, 0.05) is 26.1 Å². The molecule has 1 aromatic rings. The minimum atomic E-state index is -0.938. The molecule has 1 aliphatic rings. The number of hydrogen-bond acceptors (Lipinski definition) is 4. The number of hydrogen-bond donors (Lipinski definition) is 2. The number of ether oxygens (including phenoxy) is 1. The molecule has 3 N–H and O–H groups in total. The van der Waals surface area contributed by atoms with Crippen molar-refractivity contribution in [2.75, 3.05) is 37.4 Å². The number of carboxylic acids is 1. The van der Waals surface area contributed by atoms with Crippen molar-refractivity contribution in [1.82, 2.24) is 0 Å². The van der Waals surface area contributed by atoms with E-state index in [0.717, 1.165) is 19.5 Å². The van der Waals surface area contributed by atoms with Gasteiger partial charge in [-0.2, -0.15) is 0 Å². The van der Waals surface area contributed by atoms with E-state index in [1.165, 1.54) is 0 Å². The monoisotopic (exact) mass is 250 g/mol. The Hall–Kier alpha value is -1.75. The fourth-order valence-corrected chi connectivity index (χ4v) is 2.49. The molecule has 5 nitrogen and oxygen atoms in total. The summed E-state index contributed by atoms with van der Waals surface area (Å²) in [5.41, 5.74) is 7.36. The summed E-state index contributed by atoms with van der Waals surface area (Å²) in [6.07, 6.45) is 1.00. The topological polar surface area (TPSA) is 75.8 Å². The predicted molar refractivity (Wildman–Crippen MR) is 70.0 cm³/mol. The highest BCUT2D eigenvalue weighted by molar-refractivity contribution is 5.98. The van der Waals surface area contributed by atoms with Gasteiger partial charge < -0.3 is 20.5 Å². The molecule has 0 bridgehead atoms. The van der Waals surface area contributed by atoms with Gasteiger partial charge in [-0.3, -0.25) is 0 Å². The van der Waals surface area contributed by atoms with Crippen molar-refractivity contribution in [3.05, 3.63) is 23.8 Å². The van der Waals surface area contributed by atoms with Crippen molar-refractivity contribution >= 4 is 17.3 Å². The van der Waals surface area contributed by atoms with Crippen molar-refractivity contribution < 1.29 is 14.6 Å². The Balaban J connectivity index is 2.26. The third-order valence-electron chi connectivity index (χ3n) is 3.30. The number of para-hydroxylation sites is 1. The number of rotatable bonds is 4. The first-order valence-corrected chi connectivity index (χ1v) is 5.99. The zero-order valence-electron chi connectivity index (χ0n) is 10.4. The number of anilines is 2. The summed E-state index contributed by atoms with van der Waals surface area (Å²) < 4.78 is 5.14. The smallest absolute Gasteiger partial charge is 0.337 e. The van der Waals surface area contributed by atoms with Crippen LogP contribution in [0.3, 0.4) is 0 Å². The molecule has 18 heavy (non-hydrogen) atoms. The molecule has 1 fully saturated rings. The van der Waals surface area contributed by atoms with Gasteiger partial charge in [0.2, 0.25) is 0 Å². The van der Waals surface area contributed by atoms with Crippen LogP contribution in [0.25, 0.3) is 0 Å². The van der Waals surface area contributed by atoms with Crippen LogP contribution < -0.4 is 10.6 Å². The number of aromatic carboxylic acids is 1. The number of nitrogens with two attached hydrogens (primary N) is 1. The predicted octanol–water partition coefficient (Wildman–Crippen LogP) is 1.44. The van der Waals surface area contributed by atoms with Gasteiger partial charge in [0.1, 0.15) is 0 Å². The van der Waals surface area contributed by atoms with E-state index in [9.17, 15) is 9.90 Å². The Bertz CT molecular complexity index is 448. The Morgan fingerprint density at radius 2 is 2.39 bits per heavy atom. The summed E-state index contributed by atoms with van der Waals surface area (Å²) in [7, 11) is 1.68. The first-order valence-electron chi connectivity index (χ1n) is 5.99. The quantitative estimate of drug-likeness (QED) is 0.791. The number of benzene rings is 1. The molecule has 0 aliphatic carbocycles. The molecule has 98 valence electrons. The molecule has 2 rings (SSSR count). The third-order valence-corrected chi connectivity index (χ3v) is 3.30. The lowest BCUT2D eigenvalue weighted by molar-refractivity contribution is 0.0697. The summed E-state index contributed by atoms with van der Waals surface area (Å²) in [6, 6.07) is 5.01. The van der Waals surface area contributed by atoms with Gasteiger partial charge in [0.05, 0.1) is 23.5 Å². The second kappa shape index (κ2) is 5.27. The van der Waals surface area contributed by atoms with Crippen molar-refractivity contribution in [1.29, 1.82) is 0 Å². The molecular weight excluding hydrogens is 232 g/mol. The molecular formula is C13H18N2O3. The molecule has 1 unspecified atom stereocenters. The van der Waals surface area contributed by atoms with E-state index < -0.39 is 5.97 Å². The van der Waals surface area contributed by atoms with Gasteiger partial charge in [0.15, 0.2) is 0 Å². The molecule has 0 spiro atoms. The maximum absolute atomic E-state index is 11.2. The van der Waals surface area contributed by atoms with Gasteiger partial charge in [0.25, 0.3) is 0 Å². The van der Waals surface area contributed by atoms with E-state index in [2.05, 4.69) is 0 Å². The maximum Gasteiger partial charge on any atom is 0.337 e. The highest BCUT2D eigenvalue weighted by atomic mass is 16.5. The van der Waals surface area contributed by atoms with Crippen LogP contribution in [-0.4, -0.2) is 37.9 Å². The van der Waals surface area contributed by atoms with Gasteiger partial charge in [-0.1, -0.05) is 6.07 Å². The summed E-state index contributed by atoms with van der Waals surface area (Å²) >= 11 is 0. The molecule has 1 atom stereocenters. The van der Waals surface area contributed by atoms with Crippen LogP contribution in [0.2, 0.25) is 0 Å². The van der Waals surface area contributed by atoms with Crippen LogP contribution in [0.1, 0.15) is 16.8 Å². The van der Waals surface area contributed by atoms with E-state index >= 15 is 0 Å². The van der Waals surface area contributed by atoms with Gasteiger partial charge in [-0.15, -0.1) is 0 Å². The van der Waals surface area contributed by atoms with E-state index in [1.54, 1.807) is 25.3 Å². The lowest BCUT2D eigenvalue weighted by atomic mass is 10.1.